The molecule has 0 amide bonds. The Labute approximate surface area is 135 Å². The fraction of sp³-hybridized carbons (Fsp3) is 0.316. The van der Waals surface area contributed by atoms with Crippen LogP contribution in [0.2, 0.25) is 0 Å². The maximum absolute atomic E-state index is 12.1. The Bertz CT molecular complexity index is 711. The van der Waals surface area contributed by atoms with Crippen LogP contribution in [0.4, 0.5) is 0 Å². The molecule has 2 aromatic rings. The molecule has 1 saturated heterocycles. The van der Waals surface area contributed by atoms with Gasteiger partial charge in [-0.25, -0.2) is 4.79 Å². The van der Waals surface area contributed by atoms with E-state index >= 15 is 0 Å². The van der Waals surface area contributed by atoms with Crippen molar-refractivity contribution in [3.63, 3.8) is 0 Å². The molecule has 0 aliphatic carbocycles. The lowest BCUT2D eigenvalue weighted by atomic mass is 9.88. The van der Waals surface area contributed by atoms with E-state index in [2.05, 4.69) is 0 Å². The van der Waals surface area contributed by atoms with E-state index in [4.69, 9.17) is 9.47 Å². The third-order valence-electron chi connectivity index (χ3n) is 4.41. The number of ether oxygens (including phenoxy) is 2. The van der Waals surface area contributed by atoms with Gasteiger partial charge in [0.25, 0.3) is 0 Å². The van der Waals surface area contributed by atoms with Crippen molar-refractivity contribution >= 4 is 5.97 Å². The number of benzene rings is 2. The zero-order valence-electron chi connectivity index (χ0n) is 13.3. The monoisotopic (exact) mass is 312 g/mol. The predicted octanol–water partition coefficient (Wildman–Crippen LogP) is 3.84. The minimum atomic E-state index is -1.36. The van der Waals surface area contributed by atoms with Crippen LogP contribution in [0.3, 0.4) is 0 Å². The van der Waals surface area contributed by atoms with Gasteiger partial charge in [-0.3, -0.25) is 0 Å². The van der Waals surface area contributed by atoms with Crippen LogP contribution in [0.15, 0.2) is 48.5 Å². The summed E-state index contributed by atoms with van der Waals surface area (Å²) in [6.45, 7) is 1.93. The van der Waals surface area contributed by atoms with Crippen LogP contribution in [0.25, 0.3) is 0 Å². The zero-order valence-corrected chi connectivity index (χ0v) is 13.3. The Kier molecular flexibility index (Phi) is 4.09. The van der Waals surface area contributed by atoms with Gasteiger partial charge >= 0.3 is 5.97 Å². The molecular weight excluding hydrogens is 292 g/mol. The van der Waals surface area contributed by atoms with Crippen LogP contribution >= 0.6 is 0 Å². The van der Waals surface area contributed by atoms with Crippen LogP contribution in [-0.4, -0.2) is 18.2 Å². The largest absolute Gasteiger partial charge is 0.496 e. The number of hydrogen-bond acceptors (Lipinski definition) is 3. The summed E-state index contributed by atoms with van der Waals surface area (Å²) < 4.78 is 11.5. The van der Waals surface area contributed by atoms with Crippen molar-refractivity contribution in [1.82, 2.24) is 0 Å². The molecule has 4 nitrogen and oxygen atoms in total. The van der Waals surface area contributed by atoms with Gasteiger partial charge in [-0.05, 0) is 37.5 Å². The molecule has 1 N–H and O–H groups in total. The summed E-state index contributed by atoms with van der Waals surface area (Å²) >= 11 is 0. The summed E-state index contributed by atoms with van der Waals surface area (Å²) in [5, 5.41) is 9.91. The highest BCUT2D eigenvalue weighted by Gasteiger charge is 2.50. The third kappa shape index (κ3) is 2.70. The van der Waals surface area contributed by atoms with E-state index < -0.39 is 11.6 Å². The smallest absolute Gasteiger partial charge is 0.340 e. The lowest BCUT2D eigenvalue weighted by molar-refractivity contribution is -0.166. The van der Waals surface area contributed by atoms with Crippen molar-refractivity contribution in [1.29, 1.82) is 0 Å². The minimum absolute atomic E-state index is 0.225. The first kappa shape index (κ1) is 15.6. The second kappa shape index (κ2) is 6.05. The maximum Gasteiger partial charge on any atom is 0.340 e. The van der Waals surface area contributed by atoms with Gasteiger partial charge in [0.05, 0.1) is 13.2 Å². The predicted molar refractivity (Wildman–Crippen MR) is 86.5 cm³/mol. The van der Waals surface area contributed by atoms with Crippen LogP contribution in [0.1, 0.15) is 35.6 Å². The normalized spacial score (nSPS) is 23.7. The van der Waals surface area contributed by atoms with Gasteiger partial charge in [-0.15, -0.1) is 0 Å². The number of rotatable bonds is 4. The third-order valence-corrected chi connectivity index (χ3v) is 4.41. The van der Waals surface area contributed by atoms with Crippen LogP contribution in [0.5, 0.6) is 5.75 Å². The minimum Gasteiger partial charge on any atom is -0.496 e. The molecule has 2 aromatic carbocycles. The first-order chi connectivity index (χ1) is 11.1. The van der Waals surface area contributed by atoms with Gasteiger partial charge in [0.15, 0.2) is 5.60 Å². The molecule has 1 aliphatic heterocycles. The molecule has 2 atom stereocenters. The number of methoxy groups -OCH3 is 1. The molecule has 120 valence electrons. The van der Waals surface area contributed by atoms with Gasteiger partial charge in [0.2, 0.25) is 0 Å². The van der Waals surface area contributed by atoms with E-state index in [1.165, 1.54) is 0 Å². The molecule has 0 saturated carbocycles. The summed E-state index contributed by atoms with van der Waals surface area (Å²) in [6.07, 6.45) is 0.854. The molecule has 3 rings (SSSR count). The number of aryl methyl sites for hydroxylation is 1. The molecule has 4 heteroatoms. The van der Waals surface area contributed by atoms with Crippen molar-refractivity contribution < 1.29 is 19.4 Å². The summed E-state index contributed by atoms with van der Waals surface area (Å²) in [5.74, 6) is -0.424. The molecule has 23 heavy (non-hydrogen) atoms. The number of carboxylic acids is 1. The maximum atomic E-state index is 12.1. The summed E-state index contributed by atoms with van der Waals surface area (Å²) in [6, 6.07) is 15.3. The Morgan fingerprint density at radius 2 is 2.00 bits per heavy atom. The van der Waals surface area contributed by atoms with Gasteiger partial charge in [0.1, 0.15) is 5.75 Å². The van der Waals surface area contributed by atoms with Crippen molar-refractivity contribution in [2.75, 3.05) is 7.11 Å². The Hall–Kier alpha value is -2.33. The van der Waals surface area contributed by atoms with E-state index in [1.807, 2.05) is 49.4 Å². The van der Waals surface area contributed by atoms with Gasteiger partial charge in [0, 0.05) is 5.56 Å². The summed E-state index contributed by atoms with van der Waals surface area (Å²) in [7, 11) is 1.55. The molecule has 1 heterocycles. The fourth-order valence-corrected chi connectivity index (χ4v) is 3.21. The lowest BCUT2D eigenvalue weighted by Gasteiger charge is -2.27. The first-order valence-electron chi connectivity index (χ1n) is 7.68. The topological polar surface area (TPSA) is 55.8 Å². The molecule has 0 bridgehead atoms. The number of aliphatic carboxylic acids is 1. The number of carbonyl (C=O) groups is 1. The second-order valence-corrected chi connectivity index (χ2v) is 5.89. The number of carboxylic acid groups (broad SMARTS) is 1. The molecule has 1 aliphatic rings. The van der Waals surface area contributed by atoms with E-state index in [-0.39, 0.29) is 6.10 Å². The fourth-order valence-electron chi connectivity index (χ4n) is 3.21. The van der Waals surface area contributed by atoms with Crippen molar-refractivity contribution in [2.24, 2.45) is 0 Å². The van der Waals surface area contributed by atoms with E-state index in [0.717, 1.165) is 11.1 Å². The van der Waals surface area contributed by atoms with Crippen molar-refractivity contribution in [3.05, 3.63) is 65.2 Å². The van der Waals surface area contributed by atoms with Crippen molar-refractivity contribution in [2.45, 2.75) is 31.5 Å². The highest BCUT2D eigenvalue weighted by atomic mass is 16.5. The standard InChI is InChI=1S/C19H20O4/c1-13-8-9-17(22-2)15(12-13)19(18(20)21)11-10-16(23-19)14-6-4-3-5-7-14/h3-9,12,16H,10-11H2,1-2H3,(H,20,21)/t16-,19-/m0/s1. The van der Waals surface area contributed by atoms with E-state index in [0.29, 0.717) is 24.2 Å². The Morgan fingerprint density at radius 1 is 1.26 bits per heavy atom. The van der Waals surface area contributed by atoms with Crippen molar-refractivity contribution in [3.8, 4) is 5.75 Å². The molecule has 0 radical (unpaired) electrons. The summed E-state index contributed by atoms with van der Waals surface area (Å²) in [5.41, 5.74) is 1.21. The molecular formula is C19H20O4. The molecule has 0 spiro atoms. The lowest BCUT2D eigenvalue weighted by Crippen LogP contribution is -2.35. The Balaban J connectivity index is 2.03. The Morgan fingerprint density at radius 3 is 2.65 bits per heavy atom. The second-order valence-electron chi connectivity index (χ2n) is 5.89. The quantitative estimate of drug-likeness (QED) is 0.932. The van der Waals surface area contributed by atoms with Crippen LogP contribution in [0, 0.1) is 6.92 Å². The zero-order chi connectivity index (χ0) is 16.4. The van der Waals surface area contributed by atoms with Gasteiger partial charge in [-0.1, -0.05) is 42.0 Å². The first-order valence-corrected chi connectivity index (χ1v) is 7.68. The highest BCUT2D eigenvalue weighted by molar-refractivity contribution is 5.81. The van der Waals surface area contributed by atoms with Crippen LogP contribution < -0.4 is 4.74 Å². The average molecular weight is 312 g/mol. The van der Waals surface area contributed by atoms with E-state index in [1.54, 1.807) is 13.2 Å². The molecule has 1 fully saturated rings. The SMILES string of the molecule is COc1ccc(C)cc1[C@]1(C(=O)O)CC[C@@H](c2ccccc2)O1. The van der Waals surface area contributed by atoms with Gasteiger partial charge < -0.3 is 14.6 Å². The van der Waals surface area contributed by atoms with Crippen LogP contribution in [-0.2, 0) is 15.1 Å². The highest BCUT2D eigenvalue weighted by Crippen LogP contribution is 2.48. The molecule has 0 unspecified atom stereocenters. The number of hydrogen-bond donors (Lipinski definition) is 1. The van der Waals surface area contributed by atoms with E-state index in [9.17, 15) is 9.90 Å². The summed E-state index contributed by atoms with van der Waals surface area (Å²) in [4.78, 5) is 12.1. The average Bonchev–Trinajstić information content (AvgIpc) is 3.02. The molecule has 0 aromatic heterocycles. The van der Waals surface area contributed by atoms with Gasteiger partial charge in [-0.2, -0.15) is 0 Å².